The molecule has 24 heavy (non-hydrogen) atoms. The van der Waals surface area contributed by atoms with Crippen molar-refractivity contribution in [2.75, 3.05) is 65.7 Å². The smallest absolute Gasteiger partial charge is 0.0701 e. The van der Waals surface area contributed by atoms with E-state index < -0.39 is 0 Å². The molecule has 6 nitrogen and oxygen atoms in total. The summed E-state index contributed by atoms with van der Waals surface area (Å²) in [4.78, 5) is 4.83. The van der Waals surface area contributed by atoms with Gasteiger partial charge in [0.25, 0.3) is 0 Å². The van der Waals surface area contributed by atoms with Crippen LogP contribution in [-0.2, 0) is 18.9 Å². The summed E-state index contributed by atoms with van der Waals surface area (Å²) in [7, 11) is 0. The fourth-order valence-corrected chi connectivity index (χ4v) is 3.64. The minimum Gasteiger partial charge on any atom is -0.378 e. The Labute approximate surface area is 147 Å². The monoisotopic (exact) mass is 344 g/mol. The van der Waals surface area contributed by atoms with Crippen LogP contribution in [0.4, 0.5) is 0 Å². The van der Waals surface area contributed by atoms with Gasteiger partial charge in [-0.05, 0) is 27.7 Å². The average Bonchev–Trinajstić information content (AvgIpc) is 2.48. The molecule has 0 aromatic rings. The van der Waals surface area contributed by atoms with Gasteiger partial charge in [-0.3, -0.25) is 9.80 Å². The van der Waals surface area contributed by atoms with Gasteiger partial charge in [0.2, 0.25) is 0 Å². The fraction of sp³-hybridized carbons (Fsp3) is 1.00. The van der Waals surface area contributed by atoms with Crippen LogP contribution in [0.5, 0.6) is 0 Å². The van der Waals surface area contributed by atoms with E-state index in [1.807, 2.05) is 0 Å². The lowest BCUT2D eigenvalue weighted by Crippen LogP contribution is -2.46. The fourth-order valence-electron chi connectivity index (χ4n) is 3.64. The second-order valence-corrected chi connectivity index (χ2v) is 7.26. The Bertz CT molecular complexity index is 293. The van der Waals surface area contributed by atoms with Crippen molar-refractivity contribution in [1.82, 2.24) is 9.80 Å². The van der Waals surface area contributed by atoms with E-state index in [1.165, 1.54) is 0 Å². The van der Waals surface area contributed by atoms with E-state index in [0.29, 0.717) is 37.6 Å². The second-order valence-electron chi connectivity index (χ2n) is 7.26. The molecule has 0 radical (unpaired) electrons. The molecule has 0 spiro atoms. The lowest BCUT2D eigenvalue weighted by molar-refractivity contribution is -0.0775. The molecule has 6 heteroatoms. The van der Waals surface area contributed by atoms with Gasteiger partial charge in [-0.2, -0.15) is 0 Å². The predicted octanol–water partition coefficient (Wildman–Crippen LogP) is 1.24. The first-order valence-corrected chi connectivity index (χ1v) is 9.44. The molecule has 2 rings (SSSR count). The van der Waals surface area contributed by atoms with Gasteiger partial charge < -0.3 is 18.9 Å². The Kier molecular flexibility index (Phi) is 8.94. The van der Waals surface area contributed by atoms with Crippen LogP contribution >= 0.6 is 0 Å². The second kappa shape index (κ2) is 10.7. The molecule has 4 atom stereocenters. The first kappa shape index (κ1) is 20.1. The van der Waals surface area contributed by atoms with Gasteiger partial charge in [-0.15, -0.1) is 0 Å². The number of hydrogen-bond acceptors (Lipinski definition) is 6. The lowest BCUT2D eigenvalue weighted by Gasteiger charge is -2.35. The van der Waals surface area contributed by atoms with E-state index in [4.69, 9.17) is 18.9 Å². The van der Waals surface area contributed by atoms with Crippen molar-refractivity contribution in [3.63, 3.8) is 0 Å². The molecule has 2 heterocycles. The van der Waals surface area contributed by atoms with Gasteiger partial charge in [0.05, 0.1) is 50.8 Å². The molecule has 2 fully saturated rings. The zero-order chi connectivity index (χ0) is 17.4. The van der Waals surface area contributed by atoms with Gasteiger partial charge in [0.15, 0.2) is 0 Å². The van der Waals surface area contributed by atoms with Crippen LogP contribution in [-0.4, -0.2) is 99.9 Å². The topological polar surface area (TPSA) is 43.4 Å². The van der Waals surface area contributed by atoms with Crippen LogP contribution in [0.1, 0.15) is 27.7 Å². The summed E-state index contributed by atoms with van der Waals surface area (Å²) in [6, 6.07) is 0. The van der Waals surface area contributed by atoms with Crippen molar-refractivity contribution >= 4 is 0 Å². The molecule has 0 bridgehead atoms. The molecular formula is C18H36N2O4. The highest BCUT2D eigenvalue weighted by Gasteiger charge is 2.22. The summed E-state index contributed by atoms with van der Waals surface area (Å²) >= 11 is 0. The highest BCUT2D eigenvalue weighted by atomic mass is 16.5. The van der Waals surface area contributed by atoms with Crippen LogP contribution in [0.2, 0.25) is 0 Å². The molecular weight excluding hydrogens is 308 g/mol. The summed E-state index contributed by atoms with van der Waals surface area (Å²) in [5, 5.41) is 0. The zero-order valence-electron chi connectivity index (χ0n) is 15.9. The van der Waals surface area contributed by atoms with Crippen molar-refractivity contribution in [1.29, 1.82) is 0 Å². The predicted molar refractivity (Wildman–Crippen MR) is 94.5 cm³/mol. The third kappa shape index (κ3) is 7.76. The minimum absolute atomic E-state index is 0.322. The maximum atomic E-state index is 5.74. The molecule has 0 amide bonds. The van der Waals surface area contributed by atoms with E-state index in [-0.39, 0.29) is 0 Å². The number of morpholine rings is 2. The number of hydrogen-bond donors (Lipinski definition) is 0. The van der Waals surface area contributed by atoms with Crippen molar-refractivity contribution < 1.29 is 18.9 Å². The molecule has 0 aromatic heterocycles. The van der Waals surface area contributed by atoms with Crippen molar-refractivity contribution in [2.45, 2.75) is 52.1 Å². The number of ether oxygens (including phenoxy) is 4. The third-order valence-electron chi connectivity index (χ3n) is 4.47. The first-order chi connectivity index (χ1) is 11.5. The van der Waals surface area contributed by atoms with E-state index in [2.05, 4.69) is 37.5 Å². The Hall–Kier alpha value is -0.240. The third-order valence-corrected chi connectivity index (χ3v) is 4.47. The molecule has 4 unspecified atom stereocenters. The summed E-state index contributed by atoms with van der Waals surface area (Å²) < 4.78 is 22.9. The number of nitrogens with zero attached hydrogens (tertiary/aromatic N) is 2. The molecule has 2 saturated heterocycles. The van der Waals surface area contributed by atoms with Crippen molar-refractivity contribution in [2.24, 2.45) is 0 Å². The molecule has 2 aliphatic heterocycles. The number of rotatable bonds is 9. The average molecular weight is 344 g/mol. The molecule has 0 N–H and O–H groups in total. The quantitative estimate of drug-likeness (QED) is 0.586. The summed E-state index contributed by atoms with van der Waals surface area (Å²) in [5.74, 6) is 0. The highest BCUT2D eigenvalue weighted by molar-refractivity contribution is 4.73. The van der Waals surface area contributed by atoms with E-state index in [1.54, 1.807) is 0 Å². The maximum Gasteiger partial charge on any atom is 0.0701 e. The Morgan fingerprint density at radius 1 is 0.625 bits per heavy atom. The van der Waals surface area contributed by atoms with Crippen molar-refractivity contribution in [3.05, 3.63) is 0 Å². The van der Waals surface area contributed by atoms with Crippen LogP contribution in [0.3, 0.4) is 0 Å². The SMILES string of the molecule is CC1CN(CCOCCOCCN2CC(C)OC(C)C2)CC(C)O1. The van der Waals surface area contributed by atoms with Gasteiger partial charge >= 0.3 is 0 Å². The Morgan fingerprint density at radius 3 is 1.29 bits per heavy atom. The van der Waals surface area contributed by atoms with Gasteiger partial charge in [-0.1, -0.05) is 0 Å². The van der Waals surface area contributed by atoms with Crippen LogP contribution < -0.4 is 0 Å². The zero-order valence-corrected chi connectivity index (χ0v) is 15.9. The van der Waals surface area contributed by atoms with E-state index >= 15 is 0 Å². The summed E-state index contributed by atoms with van der Waals surface area (Å²) in [6.07, 6.45) is 1.29. The van der Waals surface area contributed by atoms with Gasteiger partial charge in [0, 0.05) is 39.3 Å². The van der Waals surface area contributed by atoms with E-state index in [0.717, 1.165) is 52.5 Å². The van der Waals surface area contributed by atoms with Gasteiger partial charge in [0.1, 0.15) is 0 Å². The van der Waals surface area contributed by atoms with Crippen LogP contribution in [0, 0.1) is 0 Å². The molecule has 142 valence electrons. The Balaban J connectivity index is 1.42. The lowest BCUT2D eigenvalue weighted by atomic mass is 10.2. The molecule has 0 aromatic carbocycles. The molecule has 0 saturated carbocycles. The summed E-state index contributed by atoms with van der Waals surface area (Å²) in [5.41, 5.74) is 0. The molecule has 0 aliphatic carbocycles. The van der Waals surface area contributed by atoms with Gasteiger partial charge in [-0.25, -0.2) is 0 Å². The normalized spacial score (nSPS) is 33.0. The van der Waals surface area contributed by atoms with Crippen LogP contribution in [0.25, 0.3) is 0 Å². The van der Waals surface area contributed by atoms with Crippen LogP contribution in [0.15, 0.2) is 0 Å². The van der Waals surface area contributed by atoms with Crippen molar-refractivity contribution in [3.8, 4) is 0 Å². The van der Waals surface area contributed by atoms with E-state index in [9.17, 15) is 0 Å². The Morgan fingerprint density at radius 2 is 0.958 bits per heavy atom. The summed E-state index contributed by atoms with van der Waals surface area (Å²) in [6.45, 7) is 17.4. The standard InChI is InChI=1S/C18H36N2O4/c1-15-11-19(12-16(2)23-15)5-7-21-9-10-22-8-6-20-13-17(3)24-18(4)14-20/h15-18H,5-14H2,1-4H3. The first-order valence-electron chi connectivity index (χ1n) is 9.44. The minimum atomic E-state index is 0.322. The highest BCUT2D eigenvalue weighted by Crippen LogP contribution is 2.10. The maximum absolute atomic E-state index is 5.74. The largest absolute Gasteiger partial charge is 0.378 e. The molecule has 2 aliphatic rings.